The van der Waals surface area contributed by atoms with Crippen molar-refractivity contribution in [3.63, 3.8) is 0 Å². The third kappa shape index (κ3) is 4.39. The summed E-state index contributed by atoms with van der Waals surface area (Å²) in [6.07, 6.45) is 5.06. The lowest BCUT2D eigenvalue weighted by Crippen LogP contribution is -2.46. The largest absolute Gasteiger partial charge is 0.338 e. The van der Waals surface area contributed by atoms with Gasteiger partial charge in [-0.15, -0.1) is 0 Å². The molecule has 1 aliphatic heterocycles. The van der Waals surface area contributed by atoms with E-state index in [1.54, 1.807) is 30.7 Å². The van der Waals surface area contributed by atoms with Gasteiger partial charge in [-0.05, 0) is 29.8 Å². The second-order valence-electron chi connectivity index (χ2n) is 6.98. The van der Waals surface area contributed by atoms with Gasteiger partial charge >= 0.3 is 0 Å². The van der Waals surface area contributed by atoms with Crippen LogP contribution in [0.4, 0.5) is 10.3 Å². The summed E-state index contributed by atoms with van der Waals surface area (Å²) in [6.45, 7) is 3.70. The molecule has 1 fully saturated rings. The Kier molecular flexibility index (Phi) is 5.73. The van der Waals surface area contributed by atoms with Gasteiger partial charge in [0.25, 0.3) is 0 Å². The van der Waals surface area contributed by atoms with E-state index >= 15 is 0 Å². The third-order valence-electron chi connectivity index (χ3n) is 5.14. The van der Waals surface area contributed by atoms with Crippen molar-refractivity contribution in [2.45, 2.75) is 12.5 Å². The Morgan fingerprint density at radius 1 is 1.00 bits per heavy atom. The van der Waals surface area contributed by atoms with Gasteiger partial charge in [0.05, 0.1) is 11.8 Å². The van der Waals surface area contributed by atoms with Crippen LogP contribution < -0.4 is 4.90 Å². The molecule has 0 saturated carbocycles. The van der Waals surface area contributed by atoms with Crippen LogP contribution >= 0.6 is 0 Å². The SMILES string of the molecule is N#CC(c1ccncc1)c1ccnc(N2CCN(Cc3ccccc3F)CC2)n1. The zero-order valence-electron chi connectivity index (χ0n) is 15.9. The normalized spacial score (nSPS) is 15.7. The molecule has 3 aromatic rings. The molecule has 1 aliphatic rings. The lowest BCUT2D eigenvalue weighted by Gasteiger charge is -2.34. The number of anilines is 1. The Hall–Kier alpha value is -3.37. The maximum absolute atomic E-state index is 13.9. The zero-order chi connectivity index (χ0) is 20.1. The molecule has 0 N–H and O–H groups in total. The smallest absolute Gasteiger partial charge is 0.225 e. The summed E-state index contributed by atoms with van der Waals surface area (Å²) >= 11 is 0. The second-order valence-corrected chi connectivity index (χ2v) is 6.98. The summed E-state index contributed by atoms with van der Waals surface area (Å²) in [7, 11) is 0. The first kappa shape index (κ1) is 19.0. The van der Waals surface area contributed by atoms with Gasteiger partial charge in [-0.1, -0.05) is 18.2 Å². The van der Waals surface area contributed by atoms with E-state index in [1.165, 1.54) is 6.07 Å². The molecule has 1 aromatic carbocycles. The molecule has 0 aliphatic carbocycles. The van der Waals surface area contributed by atoms with Crippen LogP contribution in [0.15, 0.2) is 61.1 Å². The van der Waals surface area contributed by atoms with Gasteiger partial charge in [0.2, 0.25) is 5.95 Å². The van der Waals surface area contributed by atoms with Crippen LogP contribution in [0.25, 0.3) is 0 Å². The fraction of sp³-hybridized carbons (Fsp3) is 0.273. The number of hydrogen-bond donors (Lipinski definition) is 0. The van der Waals surface area contributed by atoms with Crippen molar-refractivity contribution in [3.05, 3.63) is 83.7 Å². The van der Waals surface area contributed by atoms with Gasteiger partial charge in [-0.25, -0.2) is 14.4 Å². The first-order valence-electron chi connectivity index (χ1n) is 9.58. The first-order chi connectivity index (χ1) is 14.2. The lowest BCUT2D eigenvalue weighted by molar-refractivity contribution is 0.245. The molecule has 2 aromatic heterocycles. The number of nitrogens with zero attached hydrogens (tertiary/aromatic N) is 6. The lowest BCUT2D eigenvalue weighted by atomic mass is 9.98. The average molecular weight is 388 g/mol. The van der Waals surface area contributed by atoms with Crippen LogP contribution in [0, 0.1) is 17.1 Å². The van der Waals surface area contributed by atoms with E-state index in [-0.39, 0.29) is 5.82 Å². The maximum atomic E-state index is 13.9. The minimum absolute atomic E-state index is 0.162. The standard InChI is InChI=1S/C22H21FN6/c23-20-4-2-1-3-18(20)16-28-11-13-29(14-12-28)22-26-10-7-21(27-22)19(15-24)17-5-8-25-9-6-17/h1-10,19H,11-14,16H2. The second kappa shape index (κ2) is 8.76. The number of aromatic nitrogens is 3. The number of hydrogen-bond acceptors (Lipinski definition) is 6. The topological polar surface area (TPSA) is 68.9 Å². The van der Waals surface area contributed by atoms with Gasteiger partial charge < -0.3 is 4.90 Å². The molecule has 6 nitrogen and oxygen atoms in total. The number of rotatable bonds is 5. The number of halogens is 1. The third-order valence-corrected chi connectivity index (χ3v) is 5.14. The summed E-state index contributed by atoms with van der Waals surface area (Å²) in [4.78, 5) is 17.4. The molecule has 1 saturated heterocycles. The van der Waals surface area contributed by atoms with Crippen molar-refractivity contribution < 1.29 is 4.39 Å². The highest BCUT2D eigenvalue weighted by molar-refractivity contribution is 5.38. The molecule has 0 radical (unpaired) electrons. The van der Waals surface area contributed by atoms with E-state index in [0.29, 0.717) is 23.8 Å². The van der Waals surface area contributed by atoms with Gasteiger partial charge in [0, 0.05) is 56.9 Å². The van der Waals surface area contributed by atoms with Crippen LogP contribution in [0.3, 0.4) is 0 Å². The molecular weight excluding hydrogens is 367 g/mol. The Balaban J connectivity index is 1.43. The quantitative estimate of drug-likeness (QED) is 0.669. The van der Waals surface area contributed by atoms with Crippen molar-refractivity contribution in [2.24, 2.45) is 0 Å². The van der Waals surface area contributed by atoms with Crippen LogP contribution in [0.2, 0.25) is 0 Å². The molecule has 3 heterocycles. The van der Waals surface area contributed by atoms with E-state index in [9.17, 15) is 9.65 Å². The fourth-order valence-corrected chi connectivity index (χ4v) is 3.52. The number of nitriles is 1. The molecule has 0 spiro atoms. The van der Waals surface area contributed by atoms with Crippen LogP contribution in [0.1, 0.15) is 22.7 Å². The maximum Gasteiger partial charge on any atom is 0.225 e. The highest BCUT2D eigenvalue weighted by Gasteiger charge is 2.22. The number of pyridine rings is 1. The molecule has 1 atom stereocenters. The summed E-state index contributed by atoms with van der Waals surface area (Å²) in [5.74, 6) is 0.00839. The van der Waals surface area contributed by atoms with Crippen molar-refractivity contribution in [2.75, 3.05) is 31.1 Å². The Bertz CT molecular complexity index is 995. The van der Waals surface area contributed by atoms with Crippen molar-refractivity contribution in [1.82, 2.24) is 19.9 Å². The van der Waals surface area contributed by atoms with Crippen molar-refractivity contribution in [1.29, 1.82) is 5.26 Å². The molecule has 4 rings (SSSR count). The molecule has 7 heteroatoms. The zero-order valence-corrected chi connectivity index (χ0v) is 15.9. The van der Waals surface area contributed by atoms with E-state index in [4.69, 9.17) is 0 Å². The Labute approximate surface area is 169 Å². The monoisotopic (exact) mass is 388 g/mol. The molecule has 0 amide bonds. The fourth-order valence-electron chi connectivity index (χ4n) is 3.52. The molecule has 146 valence electrons. The highest BCUT2D eigenvalue weighted by atomic mass is 19.1. The Morgan fingerprint density at radius 2 is 1.76 bits per heavy atom. The summed E-state index contributed by atoms with van der Waals surface area (Å²) in [6, 6.07) is 14.7. The van der Waals surface area contributed by atoms with Gasteiger partial charge in [0.15, 0.2) is 0 Å². The van der Waals surface area contributed by atoms with E-state index in [0.717, 1.165) is 31.7 Å². The minimum Gasteiger partial charge on any atom is -0.338 e. The average Bonchev–Trinajstić information content (AvgIpc) is 2.77. The van der Waals surface area contributed by atoms with E-state index in [1.807, 2.05) is 24.3 Å². The van der Waals surface area contributed by atoms with Crippen LogP contribution in [-0.2, 0) is 6.54 Å². The number of benzene rings is 1. The summed E-state index contributed by atoms with van der Waals surface area (Å²) < 4.78 is 13.9. The minimum atomic E-state index is -0.456. The number of piperazine rings is 1. The summed E-state index contributed by atoms with van der Waals surface area (Å²) in [5, 5.41) is 9.65. The molecule has 29 heavy (non-hydrogen) atoms. The van der Waals surface area contributed by atoms with Crippen molar-refractivity contribution in [3.8, 4) is 6.07 Å². The van der Waals surface area contributed by atoms with Crippen LogP contribution in [0.5, 0.6) is 0 Å². The predicted molar refractivity (Wildman–Crippen MR) is 108 cm³/mol. The van der Waals surface area contributed by atoms with Gasteiger partial charge in [-0.2, -0.15) is 5.26 Å². The highest BCUT2D eigenvalue weighted by Crippen LogP contribution is 2.23. The molecular formula is C22H21FN6. The van der Waals surface area contributed by atoms with E-state index < -0.39 is 5.92 Å². The van der Waals surface area contributed by atoms with Crippen molar-refractivity contribution >= 4 is 5.95 Å². The van der Waals surface area contributed by atoms with Crippen LogP contribution in [-0.4, -0.2) is 46.0 Å². The first-order valence-corrected chi connectivity index (χ1v) is 9.58. The molecule has 1 unspecified atom stereocenters. The van der Waals surface area contributed by atoms with E-state index in [2.05, 4.69) is 30.8 Å². The van der Waals surface area contributed by atoms with Gasteiger partial charge in [0.1, 0.15) is 11.7 Å². The summed E-state index contributed by atoms with van der Waals surface area (Å²) in [5.41, 5.74) is 2.26. The van der Waals surface area contributed by atoms with Gasteiger partial charge in [-0.3, -0.25) is 9.88 Å². The Morgan fingerprint density at radius 3 is 2.48 bits per heavy atom. The predicted octanol–water partition coefficient (Wildman–Crippen LogP) is 2.99. The molecule has 0 bridgehead atoms.